The normalized spacial score (nSPS) is 21.1. The Morgan fingerprint density at radius 2 is 1.72 bits per heavy atom. The maximum Gasteiger partial charge on any atom is 0.496 e. The standard InChI is InChI=1S/C13H16BClO3/c1-12(2)13(3,4)18-14(17-12)10-6-5-9(8-16)7-11(10)15/h5-8H,1-4H3. The molecule has 0 saturated carbocycles. The van der Waals surface area contributed by atoms with E-state index in [1.807, 2.05) is 27.7 Å². The summed E-state index contributed by atoms with van der Waals surface area (Å²) in [6.07, 6.45) is 0.764. The Bertz CT molecular complexity index is 469. The molecule has 1 aliphatic rings. The van der Waals surface area contributed by atoms with Crippen molar-refractivity contribution in [2.45, 2.75) is 38.9 Å². The molecule has 0 amide bonds. The monoisotopic (exact) mass is 266 g/mol. The van der Waals surface area contributed by atoms with Gasteiger partial charge in [0.05, 0.1) is 11.2 Å². The fourth-order valence-electron chi connectivity index (χ4n) is 1.78. The Kier molecular flexibility index (Phi) is 3.30. The predicted octanol–water partition coefficient (Wildman–Crippen LogP) is 2.45. The zero-order chi connectivity index (χ0) is 13.6. The van der Waals surface area contributed by atoms with Crippen LogP contribution in [0, 0.1) is 0 Å². The van der Waals surface area contributed by atoms with Gasteiger partial charge in [0, 0.05) is 16.0 Å². The summed E-state index contributed by atoms with van der Waals surface area (Å²) in [4.78, 5) is 10.7. The summed E-state index contributed by atoms with van der Waals surface area (Å²) in [6, 6.07) is 5.10. The second-order valence-electron chi connectivity index (χ2n) is 5.49. The molecule has 1 aliphatic heterocycles. The highest BCUT2D eigenvalue weighted by Gasteiger charge is 2.52. The molecule has 1 fully saturated rings. The van der Waals surface area contributed by atoms with E-state index in [9.17, 15) is 4.79 Å². The molecule has 1 saturated heterocycles. The molecule has 2 rings (SSSR count). The van der Waals surface area contributed by atoms with Crippen molar-refractivity contribution in [1.82, 2.24) is 0 Å². The van der Waals surface area contributed by atoms with Crippen LogP contribution >= 0.6 is 11.6 Å². The van der Waals surface area contributed by atoms with Crippen LogP contribution < -0.4 is 5.46 Å². The first-order chi connectivity index (χ1) is 8.27. The van der Waals surface area contributed by atoms with Crippen molar-refractivity contribution in [2.75, 3.05) is 0 Å². The highest BCUT2D eigenvalue weighted by Crippen LogP contribution is 2.36. The van der Waals surface area contributed by atoms with Gasteiger partial charge in [-0.15, -0.1) is 0 Å². The number of carbonyl (C=O) groups excluding carboxylic acids is 1. The lowest BCUT2D eigenvalue weighted by Crippen LogP contribution is -2.41. The Balaban J connectivity index is 2.32. The van der Waals surface area contributed by atoms with Gasteiger partial charge in [-0.05, 0) is 33.8 Å². The van der Waals surface area contributed by atoms with Gasteiger partial charge in [0.2, 0.25) is 0 Å². The van der Waals surface area contributed by atoms with Crippen LogP contribution in [0.4, 0.5) is 0 Å². The van der Waals surface area contributed by atoms with Crippen molar-refractivity contribution in [3.05, 3.63) is 28.8 Å². The first kappa shape index (κ1) is 13.6. The van der Waals surface area contributed by atoms with Gasteiger partial charge in [-0.3, -0.25) is 4.79 Å². The Morgan fingerprint density at radius 3 is 2.17 bits per heavy atom. The molecule has 0 aliphatic carbocycles. The number of aldehydes is 1. The highest BCUT2D eigenvalue weighted by atomic mass is 35.5. The van der Waals surface area contributed by atoms with Gasteiger partial charge in [0.25, 0.3) is 0 Å². The number of halogens is 1. The molecule has 1 aromatic rings. The van der Waals surface area contributed by atoms with E-state index in [4.69, 9.17) is 20.9 Å². The van der Waals surface area contributed by atoms with Gasteiger partial charge in [-0.25, -0.2) is 0 Å². The van der Waals surface area contributed by atoms with E-state index >= 15 is 0 Å². The molecule has 0 radical (unpaired) electrons. The van der Waals surface area contributed by atoms with Crippen LogP contribution in [0.2, 0.25) is 5.02 Å². The minimum Gasteiger partial charge on any atom is -0.399 e. The number of rotatable bonds is 2. The lowest BCUT2D eigenvalue weighted by molar-refractivity contribution is 0.00578. The van der Waals surface area contributed by atoms with E-state index in [2.05, 4.69) is 0 Å². The van der Waals surface area contributed by atoms with E-state index in [-0.39, 0.29) is 0 Å². The second-order valence-corrected chi connectivity index (χ2v) is 5.89. The van der Waals surface area contributed by atoms with Gasteiger partial charge < -0.3 is 9.31 Å². The minimum absolute atomic E-state index is 0.398. The zero-order valence-corrected chi connectivity index (χ0v) is 11.7. The molecule has 1 heterocycles. The van der Waals surface area contributed by atoms with Crippen molar-refractivity contribution in [2.24, 2.45) is 0 Å². The van der Waals surface area contributed by atoms with Crippen LogP contribution in [0.15, 0.2) is 18.2 Å². The highest BCUT2D eigenvalue weighted by molar-refractivity contribution is 6.65. The molecule has 0 N–H and O–H groups in total. The Labute approximate surface area is 113 Å². The molecule has 18 heavy (non-hydrogen) atoms. The van der Waals surface area contributed by atoms with Crippen LogP contribution in [0.1, 0.15) is 38.1 Å². The molecule has 96 valence electrons. The summed E-state index contributed by atoms with van der Waals surface area (Å²) < 4.78 is 11.8. The maximum absolute atomic E-state index is 10.7. The third-order valence-corrected chi connectivity index (χ3v) is 4.00. The third kappa shape index (κ3) is 2.20. The average molecular weight is 267 g/mol. The lowest BCUT2D eigenvalue weighted by atomic mass is 9.79. The first-order valence-corrected chi connectivity index (χ1v) is 6.25. The fraction of sp³-hybridized carbons (Fsp3) is 0.462. The van der Waals surface area contributed by atoms with E-state index < -0.39 is 18.3 Å². The lowest BCUT2D eigenvalue weighted by Gasteiger charge is -2.32. The van der Waals surface area contributed by atoms with E-state index in [1.165, 1.54) is 0 Å². The molecule has 1 aromatic carbocycles. The van der Waals surface area contributed by atoms with Gasteiger partial charge in [0.1, 0.15) is 6.29 Å². The summed E-state index contributed by atoms with van der Waals surface area (Å²) >= 11 is 6.16. The number of hydrogen-bond donors (Lipinski definition) is 0. The summed E-state index contributed by atoms with van der Waals surface area (Å²) in [5.41, 5.74) is 0.496. The molecule has 0 spiro atoms. The summed E-state index contributed by atoms with van der Waals surface area (Å²) in [5.74, 6) is 0. The molecule has 3 nitrogen and oxygen atoms in total. The van der Waals surface area contributed by atoms with E-state index in [1.54, 1.807) is 18.2 Å². The molecule has 0 aromatic heterocycles. The van der Waals surface area contributed by atoms with Gasteiger partial charge in [-0.1, -0.05) is 23.7 Å². The van der Waals surface area contributed by atoms with E-state index in [0.717, 1.165) is 11.7 Å². The summed E-state index contributed by atoms with van der Waals surface area (Å²) in [7, 11) is -0.497. The zero-order valence-electron chi connectivity index (χ0n) is 11.0. The average Bonchev–Trinajstić information content (AvgIpc) is 2.47. The third-order valence-electron chi connectivity index (χ3n) is 3.67. The van der Waals surface area contributed by atoms with Crippen LogP contribution in [0.5, 0.6) is 0 Å². The molecule has 0 atom stereocenters. The number of hydrogen-bond acceptors (Lipinski definition) is 3. The molecule has 0 bridgehead atoms. The predicted molar refractivity (Wildman–Crippen MR) is 72.6 cm³/mol. The topological polar surface area (TPSA) is 35.5 Å². The Morgan fingerprint density at radius 1 is 1.17 bits per heavy atom. The van der Waals surface area contributed by atoms with Crippen LogP contribution in [0.25, 0.3) is 0 Å². The quantitative estimate of drug-likeness (QED) is 0.609. The van der Waals surface area contributed by atoms with Crippen molar-refractivity contribution >= 4 is 30.5 Å². The van der Waals surface area contributed by atoms with Crippen LogP contribution in [-0.4, -0.2) is 24.6 Å². The van der Waals surface area contributed by atoms with Gasteiger partial charge in [-0.2, -0.15) is 0 Å². The van der Waals surface area contributed by atoms with Crippen LogP contribution in [0.3, 0.4) is 0 Å². The van der Waals surface area contributed by atoms with Crippen molar-refractivity contribution in [3.8, 4) is 0 Å². The van der Waals surface area contributed by atoms with Crippen LogP contribution in [-0.2, 0) is 9.31 Å². The van der Waals surface area contributed by atoms with E-state index in [0.29, 0.717) is 10.6 Å². The summed E-state index contributed by atoms with van der Waals surface area (Å²) in [5, 5.41) is 0.484. The first-order valence-electron chi connectivity index (χ1n) is 5.87. The van der Waals surface area contributed by atoms with Crippen molar-refractivity contribution in [1.29, 1.82) is 0 Å². The maximum atomic E-state index is 10.7. The molecule has 0 unspecified atom stereocenters. The molecular formula is C13H16BClO3. The summed E-state index contributed by atoms with van der Waals surface area (Å²) in [6.45, 7) is 7.95. The minimum atomic E-state index is -0.497. The smallest absolute Gasteiger partial charge is 0.399 e. The number of benzene rings is 1. The fourth-order valence-corrected chi connectivity index (χ4v) is 2.06. The Hall–Kier alpha value is -0.835. The number of carbonyl (C=O) groups is 1. The van der Waals surface area contributed by atoms with Crippen molar-refractivity contribution in [3.63, 3.8) is 0 Å². The molecule has 5 heteroatoms. The second kappa shape index (κ2) is 4.37. The van der Waals surface area contributed by atoms with Gasteiger partial charge in [0.15, 0.2) is 0 Å². The largest absolute Gasteiger partial charge is 0.496 e. The SMILES string of the molecule is CC1(C)OB(c2ccc(C=O)cc2Cl)OC1(C)C. The molecular weight excluding hydrogens is 250 g/mol. The van der Waals surface area contributed by atoms with Gasteiger partial charge >= 0.3 is 7.12 Å². The van der Waals surface area contributed by atoms with Crippen molar-refractivity contribution < 1.29 is 14.1 Å².